The molecule has 0 aliphatic carbocycles. The van der Waals surface area contributed by atoms with Crippen LogP contribution in [0.3, 0.4) is 0 Å². The van der Waals surface area contributed by atoms with Crippen LogP contribution in [0.25, 0.3) is 0 Å². The second-order valence-electron chi connectivity index (χ2n) is 5.40. The Balaban J connectivity index is 2.79. The van der Waals surface area contributed by atoms with E-state index in [1.165, 1.54) is 0 Å². The number of carboxylic acids is 1. The smallest absolute Gasteiger partial charge is 0.307 e. The molecule has 1 amide bonds. The lowest BCUT2D eigenvalue weighted by molar-refractivity contribution is -0.136. The third-order valence-corrected chi connectivity index (χ3v) is 3.22. The van der Waals surface area contributed by atoms with Gasteiger partial charge in [0.05, 0.1) is 6.42 Å². The third-order valence-electron chi connectivity index (χ3n) is 2.70. The van der Waals surface area contributed by atoms with E-state index in [2.05, 4.69) is 5.32 Å². The van der Waals surface area contributed by atoms with Crippen molar-refractivity contribution in [1.29, 1.82) is 0 Å². The normalized spacial score (nSPS) is 12.0. The van der Waals surface area contributed by atoms with Gasteiger partial charge in [0.15, 0.2) is 0 Å². The van der Waals surface area contributed by atoms with Crippen LogP contribution in [0.5, 0.6) is 0 Å². The van der Waals surface area contributed by atoms with Crippen LogP contribution in [0.2, 0.25) is 0 Å². The Labute approximate surface area is 138 Å². The highest BCUT2D eigenvalue weighted by Gasteiger charge is 2.34. The van der Waals surface area contributed by atoms with Gasteiger partial charge in [-0.2, -0.15) is 0 Å². The van der Waals surface area contributed by atoms with Gasteiger partial charge in [0.2, 0.25) is 0 Å². The number of carbonyl (C=O) groups is 2. The summed E-state index contributed by atoms with van der Waals surface area (Å²) < 4.78 is -2.01. The zero-order valence-corrected chi connectivity index (χ0v) is 13.9. The van der Waals surface area contributed by atoms with Gasteiger partial charge in [-0.3, -0.25) is 9.59 Å². The molecule has 0 saturated heterocycles. The molecule has 0 saturated carbocycles. The van der Waals surface area contributed by atoms with E-state index in [0.717, 1.165) is 5.56 Å². The fraction of sp³-hybridized carbons (Fsp3) is 0.429. The lowest BCUT2D eigenvalue weighted by atomic mass is 9.93. The van der Waals surface area contributed by atoms with Gasteiger partial charge < -0.3 is 10.4 Å². The van der Waals surface area contributed by atoms with E-state index in [9.17, 15) is 9.59 Å². The van der Waals surface area contributed by atoms with Gasteiger partial charge in [0.25, 0.3) is 9.70 Å². The first kappa shape index (κ1) is 18.1. The van der Waals surface area contributed by atoms with E-state index in [4.69, 9.17) is 39.9 Å². The Kier molecular flexibility index (Phi) is 5.91. The van der Waals surface area contributed by atoms with Crippen molar-refractivity contribution in [2.75, 3.05) is 0 Å². The zero-order chi connectivity index (χ0) is 16.3. The van der Waals surface area contributed by atoms with E-state index < -0.39 is 21.2 Å². The minimum absolute atomic E-state index is 0.0468. The SMILES string of the molecule is CC(C)(Cc1cccc(CC(=O)O)c1)NC(=O)C(Cl)(Cl)Cl. The van der Waals surface area contributed by atoms with Crippen molar-refractivity contribution in [3.8, 4) is 0 Å². The number of hydrogen-bond donors (Lipinski definition) is 2. The molecule has 1 aromatic rings. The summed E-state index contributed by atoms with van der Waals surface area (Å²) in [6.07, 6.45) is 0.432. The number of rotatable bonds is 5. The molecule has 0 aliphatic rings. The number of aliphatic carboxylic acids is 1. The van der Waals surface area contributed by atoms with Crippen LogP contribution in [0, 0.1) is 0 Å². The van der Waals surface area contributed by atoms with Crippen LogP contribution >= 0.6 is 34.8 Å². The topological polar surface area (TPSA) is 66.4 Å². The molecule has 116 valence electrons. The fourth-order valence-corrected chi connectivity index (χ4v) is 2.10. The van der Waals surface area contributed by atoms with Crippen molar-refractivity contribution >= 4 is 46.7 Å². The molecule has 1 rings (SSSR count). The summed E-state index contributed by atoms with van der Waals surface area (Å²) in [7, 11) is 0. The van der Waals surface area contributed by atoms with E-state index in [1.54, 1.807) is 32.0 Å². The second-order valence-corrected chi connectivity index (χ2v) is 7.68. The maximum atomic E-state index is 11.7. The van der Waals surface area contributed by atoms with Crippen LogP contribution in [0.15, 0.2) is 24.3 Å². The third kappa shape index (κ3) is 6.55. The lowest BCUT2D eigenvalue weighted by Gasteiger charge is -2.28. The van der Waals surface area contributed by atoms with Crippen molar-refractivity contribution < 1.29 is 14.7 Å². The number of benzene rings is 1. The van der Waals surface area contributed by atoms with Gasteiger partial charge in [0, 0.05) is 5.54 Å². The van der Waals surface area contributed by atoms with Crippen molar-refractivity contribution in [1.82, 2.24) is 5.32 Å². The lowest BCUT2D eigenvalue weighted by Crippen LogP contribution is -2.49. The summed E-state index contributed by atoms with van der Waals surface area (Å²) in [5.74, 6) is -1.59. The summed E-state index contributed by atoms with van der Waals surface area (Å²) in [4.78, 5) is 22.4. The molecule has 0 aromatic heterocycles. The summed E-state index contributed by atoms with van der Waals surface area (Å²) in [6.45, 7) is 3.59. The average Bonchev–Trinajstić information content (AvgIpc) is 2.25. The molecule has 0 spiro atoms. The van der Waals surface area contributed by atoms with Crippen molar-refractivity contribution in [3.63, 3.8) is 0 Å². The summed E-state index contributed by atoms with van der Waals surface area (Å²) in [5.41, 5.74) is 0.954. The largest absolute Gasteiger partial charge is 0.481 e. The average molecular weight is 353 g/mol. The molecule has 1 aromatic carbocycles. The molecule has 7 heteroatoms. The number of carbonyl (C=O) groups excluding carboxylic acids is 1. The molecule has 0 aliphatic heterocycles. The van der Waals surface area contributed by atoms with Crippen LogP contribution < -0.4 is 5.32 Å². The molecule has 0 fully saturated rings. The molecule has 0 bridgehead atoms. The van der Waals surface area contributed by atoms with Gasteiger partial charge in [0.1, 0.15) is 0 Å². The Bertz CT molecular complexity index is 539. The van der Waals surface area contributed by atoms with Crippen molar-refractivity contribution in [3.05, 3.63) is 35.4 Å². The molecular formula is C14H16Cl3NO3. The zero-order valence-electron chi connectivity index (χ0n) is 11.6. The van der Waals surface area contributed by atoms with Gasteiger partial charge in [-0.05, 0) is 31.4 Å². The first-order valence-corrected chi connectivity index (χ1v) is 7.32. The maximum absolute atomic E-state index is 11.7. The molecule has 0 radical (unpaired) electrons. The molecule has 0 heterocycles. The number of nitrogens with one attached hydrogen (secondary N) is 1. The number of carboxylic acid groups (broad SMARTS) is 1. The predicted octanol–water partition coefficient (Wildman–Crippen LogP) is 3.12. The van der Waals surface area contributed by atoms with Gasteiger partial charge >= 0.3 is 5.97 Å². The van der Waals surface area contributed by atoms with Crippen LogP contribution in [-0.4, -0.2) is 26.3 Å². The first-order valence-electron chi connectivity index (χ1n) is 6.18. The summed E-state index contributed by atoms with van der Waals surface area (Å²) >= 11 is 16.6. The Morgan fingerprint density at radius 1 is 1.19 bits per heavy atom. The van der Waals surface area contributed by atoms with E-state index in [-0.39, 0.29) is 6.42 Å². The standard InChI is InChI=1S/C14H16Cl3NO3/c1-13(2,18-12(21)14(15,16)17)8-10-5-3-4-9(6-10)7-11(19)20/h3-6H,7-8H2,1-2H3,(H,18,21)(H,19,20). The van der Waals surface area contributed by atoms with E-state index in [0.29, 0.717) is 12.0 Å². The Morgan fingerprint density at radius 2 is 1.76 bits per heavy atom. The maximum Gasteiger partial charge on any atom is 0.307 e. The van der Waals surface area contributed by atoms with Gasteiger partial charge in [-0.15, -0.1) is 0 Å². The van der Waals surface area contributed by atoms with Crippen molar-refractivity contribution in [2.24, 2.45) is 0 Å². The highest BCUT2D eigenvalue weighted by atomic mass is 35.6. The summed E-state index contributed by atoms with van der Waals surface area (Å²) in [6, 6.07) is 7.16. The highest BCUT2D eigenvalue weighted by Crippen LogP contribution is 2.27. The highest BCUT2D eigenvalue weighted by molar-refractivity contribution is 6.76. The predicted molar refractivity (Wildman–Crippen MR) is 84.0 cm³/mol. The minimum atomic E-state index is -2.01. The molecule has 2 N–H and O–H groups in total. The first-order chi connectivity index (χ1) is 9.49. The van der Waals surface area contributed by atoms with E-state index in [1.807, 2.05) is 6.07 Å². The number of alkyl halides is 3. The quantitative estimate of drug-likeness (QED) is 0.800. The molecule has 0 unspecified atom stereocenters. The van der Waals surface area contributed by atoms with E-state index >= 15 is 0 Å². The Hall–Kier alpha value is -0.970. The van der Waals surface area contributed by atoms with Crippen LogP contribution in [0.4, 0.5) is 0 Å². The molecule has 21 heavy (non-hydrogen) atoms. The van der Waals surface area contributed by atoms with Crippen LogP contribution in [-0.2, 0) is 22.4 Å². The number of hydrogen-bond acceptors (Lipinski definition) is 2. The number of halogens is 3. The number of amides is 1. The fourth-order valence-electron chi connectivity index (χ4n) is 1.96. The minimum Gasteiger partial charge on any atom is -0.481 e. The molecular weight excluding hydrogens is 337 g/mol. The van der Waals surface area contributed by atoms with Crippen molar-refractivity contribution in [2.45, 2.75) is 36.0 Å². The second kappa shape index (κ2) is 6.86. The molecule has 4 nitrogen and oxygen atoms in total. The summed E-state index contributed by atoms with van der Waals surface area (Å²) in [5, 5.41) is 11.5. The van der Waals surface area contributed by atoms with Crippen LogP contribution in [0.1, 0.15) is 25.0 Å². The van der Waals surface area contributed by atoms with Gasteiger partial charge in [-0.1, -0.05) is 59.1 Å². The van der Waals surface area contributed by atoms with Gasteiger partial charge in [-0.25, -0.2) is 0 Å². The monoisotopic (exact) mass is 351 g/mol. The Morgan fingerprint density at radius 3 is 2.29 bits per heavy atom. The molecule has 0 atom stereocenters.